The second kappa shape index (κ2) is 6.79. The lowest BCUT2D eigenvalue weighted by Crippen LogP contribution is -2.69. The van der Waals surface area contributed by atoms with Crippen molar-refractivity contribution in [3.8, 4) is 0 Å². The summed E-state index contributed by atoms with van der Waals surface area (Å²) in [7, 11) is 0. The highest BCUT2D eigenvalue weighted by Crippen LogP contribution is 2.36. The molecule has 11 heteroatoms. The molecule has 1 atom stereocenters. The first-order chi connectivity index (χ1) is 13.1. The molecule has 6 nitrogen and oxygen atoms in total. The van der Waals surface area contributed by atoms with Crippen molar-refractivity contribution in [2.45, 2.75) is 11.8 Å². The number of para-hydroxylation sites is 1. The van der Waals surface area contributed by atoms with Gasteiger partial charge in [0.05, 0.1) is 16.3 Å². The molecule has 0 saturated carbocycles. The van der Waals surface area contributed by atoms with Crippen molar-refractivity contribution in [3.63, 3.8) is 0 Å². The highest BCUT2D eigenvalue weighted by Gasteiger charge is 2.69. The summed E-state index contributed by atoms with van der Waals surface area (Å²) in [6.45, 7) is 0. The predicted octanol–water partition coefficient (Wildman–Crippen LogP) is 3.22. The van der Waals surface area contributed by atoms with Gasteiger partial charge >= 0.3 is 12.2 Å². The molecule has 0 spiro atoms. The molecule has 146 valence electrons. The Labute approximate surface area is 160 Å². The smallest absolute Gasteiger partial charge is 0.314 e. The van der Waals surface area contributed by atoms with E-state index < -0.39 is 41.2 Å². The number of rotatable bonds is 3. The van der Waals surface area contributed by atoms with Crippen molar-refractivity contribution in [1.29, 1.82) is 0 Å². The lowest BCUT2D eigenvalue weighted by atomic mass is 10.1. The number of carbonyl (C=O) groups excluding carboxylic acids is 3. The van der Waals surface area contributed by atoms with E-state index >= 15 is 0 Å². The Bertz CT molecular complexity index is 982. The van der Waals surface area contributed by atoms with Crippen molar-refractivity contribution in [3.05, 3.63) is 64.9 Å². The Hall–Kier alpha value is -3.14. The Balaban J connectivity index is 2.05. The van der Waals surface area contributed by atoms with Gasteiger partial charge in [0.1, 0.15) is 5.82 Å². The van der Waals surface area contributed by atoms with E-state index in [-0.39, 0.29) is 15.5 Å². The summed E-state index contributed by atoms with van der Waals surface area (Å²) in [6.07, 6.45) is -5.43. The van der Waals surface area contributed by atoms with E-state index in [2.05, 4.69) is 0 Å². The van der Waals surface area contributed by atoms with Crippen molar-refractivity contribution >= 4 is 35.1 Å². The summed E-state index contributed by atoms with van der Waals surface area (Å²) in [5.74, 6) is -4.36. The lowest BCUT2D eigenvalue weighted by Gasteiger charge is -2.30. The summed E-state index contributed by atoms with van der Waals surface area (Å²) < 4.78 is 55.4. The second-order valence-electron chi connectivity index (χ2n) is 5.70. The highest BCUT2D eigenvalue weighted by atomic mass is 35.5. The van der Waals surface area contributed by atoms with E-state index in [0.29, 0.717) is 0 Å². The van der Waals surface area contributed by atoms with Crippen LogP contribution in [-0.4, -0.2) is 29.7 Å². The molecule has 0 aromatic heterocycles. The first-order valence-corrected chi connectivity index (χ1v) is 8.01. The molecule has 1 aliphatic rings. The van der Waals surface area contributed by atoms with Crippen LogP contribution in [0.5, 0.6) is 0 Å². The van der Waals surface area contributed by atoms with Gasteiger partial charge in [-0.15, -0.1) is 0 Å². The number of nitrogens with one attached hydrogen (secondary N) is 2. The van der Waals surface area contributed by atoms with Crippen LogP contribution >= 0.6 is 11.6 Å². The normalized spacial score (nSPS) is 19.5. The van der Waals surface area contributed by atoms with Crippen molar-refractivity contribution in [2.24, 2.45) is 0 Å². The SMILES string of the molecule is O=C(NC1(C(F)(F)F)NC(=O)N(c2ccccc2F)C1=O)c1ccccc1Cl. The Morgan fingerprint density at radius 1 is 1.07 bits per heavy atom. The average Bonchev–Trinajstić information content (AvgIpc) is 2.87. The highest BCUT2D eigenvalue weighted by molar-refractivity contribution is 6.34. The first-order valence-electron chi connectivity index (χ1n) is 7.63. The van der Waals surface area contributed by atoms with Crippen LogP contribution < -0.4 is 15.5 Å². The molecule has 0 bridgehead atoms. The van der Waals surface area contributed by atoms with Gasteiger partial charge in [0, 0.05) is 0 Å². The summed E-state index contributed by atoms with van der Waals surface area (Å²) >= 11 is 5.80. The number of benzene rings is 2. The molecule has 2 aromatic carbocycles. The number of alkyl halides is 3. The van der Waals surface area contributed by atoms with Crippen molar-refractivity contribution in [1.82, 2.24) is 10.6 Å². The van der Waals surface area contributed by atoms with Crippen LogP contribution in [0.2, 0.25) is 5.02 Å². The zero-order chi connectivity index (χ0) is 20.7. The van der Waals surface area contributed by atoms with E-state index in [1.165, 1.54) is 41.0 Å². The molecule has 0 aliphatic carbocycles. The zero-order valence-electron chi connectivity index (χ0n) is 13.7. The summed E-state index contributed by atoms with van der Waals surface area (Å²) in [4.78, 5) is 37.1. The molecular weight excluding hydrogens is 406 g/mol. The minimum Gasteiger partial charge on any atom is -0.314 e. The number of amides is 4. The molecule has 1 fully saturated rings. The monoisotopic (exact) mass is 415 g/mol. The fourth-order valence-corrected chi connectivity index (χ4v) is 2.83. The van der Waals surface area contributed by atoms with Crippen LogP contribution in [0, 0.1) is 5.82 Å². The number of anilines is 1. The summed E-state index contributed by atoms with van der Waals surface area (Å²) in [5.41, 5.74) is -4.83. The third-order valence-corrected chi connectivity index (χ3v) is 4.29. The lowest BCUT2D eigenvalue weighted by molar-refractivity contribution is -0.197. The van der Waals surface area contributed by atoms with Crippen molar-refractivity contribution < 1.29 is 31.9 Å². The van der Waals surface area contributed by atoms with Gasteiger partial charge in [-0.2, -0.15) is 13.2 Å². The van der Waals surface area contributed by atoms with Gasteiger partial charge in [-0.05, 0) is 24.3 Å². The van der Waals surface area contributed by atoms with Crippen LogP contribution in [0.1, 0.15) is 10.4 Å². The molecule has 3 rings (SSSR count). The zero-order valence-corrected chi connectivity index (χ0v) is 14.4. The molecule has 0 radical (unpaired) electrons. The maximum Gasteiger partial charge on any atom is 0.440 e. The number of urea groups is 1. The third-order valence-electron chi connectivity index (χ3n) is 3.96. The molecular formula is C17H10ClF4N3O3. The fraction of sp³-hybridized carbons (Fsp3) is 0.118. The van der Waals surface area contributed by atoms with Crippen LogP contribution in [0.3, 0.4) is 0 Å². The number of halogens is 5. The third kappa shape index (κ3) is 3.05. The van der Waals surface area contributed by atoms with E-state index in [0.717, 1.165) is 18.2 Å². The van der Waals surface area contributed by atoms with Gasteiger partial charge in [0.25, 0.3) is 17.5 Å². The predicted molar refractivity (Wildman–Crippen MR) is 90.1 cm³/mol. The van der Waals surface area contributed by atoms with Gasteiger partial charge in [-0.1, -0.05) is 35.9 Å². The average molecular weight is 416 g/mol. The molecule has 1 unspecified atom stereocenters. The Kier molecular flexibility index (Phi) is 4.76. The van der Waals surface area contributed by atoms with E-state index in [1.54, 1.807) is 0 Å². The van der Waals surface area contributed by atoms with Gasteiger partial charge in [0.2, 0.25) is 0 Å². The Morgan fingerprint density at radius 3 is 2.29 bits per heavy atom. The molecule has 2 N–H and O–H groups in total. The second-order valence-corrected chi connectivity index (χ2v) is 6.11. The molecule has 1 heterocycles. The Morgan fingerprint density at radius 2 is 1.68 bits per heavy atom. The first kappa shape index (κ1) is 19.6. The number of hydrogen-bond acceptors (Lipinski definition) is 3. The molecule has 1 aliphatic heterocycles. The molecule has 28 heavy (non-hydrogen) atoms. The number of imide groups is 1. The summed E-state index contributed by atoms with van der Waals surface area (Å²) in [5, 5.41) is 2.75. The number of carbonyl (C=O) groups is 3. The number of hydrogen-bond donors (Lipinski definition) is 2. The molecule has 1 saturated heterocycles. The van der Waals surface area contributed by atoms with Gasteiger partial charge in [-0.3, -0.25) is 14.9 Å². The van der Waals surface area contributed by atoms with Gasteiger partial charge in [0.15, 0.2) is 0 Å². The minimum atomic E-state index is -5.43. The standard InChI is InChI=1S/C17H10ClF4N3O3/c18-10-6-2-1-5-9(10)13(26)23-16(17(20,21)22)14(27)25(15(28)24-16)12-8-4-3-7-11(12)19/h1-8H,(H,23,26)(H,24,28). The van der Waals surface area contributed by atoms with E-state index in [9.17, 15) is 31.9 Å². The van der Waals surface area contributed by atoms with E-state index in [4.69, 9.17) is 11.6 Å². The van der Waals surface area contributed by atoms with Gasteiger partial charge < -0.3 is 5.32 Å². The quantitative estimate of drug-likeness (QED) is 0.597. The van der Waals surface area contributed by atoms with Gasteiger partial charge in [-0.25, -0.2) is 14.1 Å². The van der Waals surface area contributed by atoms with Crippen LogP contribution in [-0.2, 0) is 4.79 Å². The van der Waals surface area contributed by atoms with Crippen LogP contribution in [0.4, 0.5) is 28.0 Å². The summed E-state index contributed by atoms with van der Waals surface area (Å²) in [6, 6.07) is 7.92. The molecule has 4 amide bonds. The molecule has 2 aromatic rings. The van der Waals surface area contributed by atoms with Crippen molar-refractivity contribution in [2.75, 3.05) is 4.90 Å². The fourth-order valence-electron chi connectivity index (χ4n) is 2.61. The topological polar surface area (TPSA) is 78.5 Å². The van der Waals surface area contributed by atoms with Crippen LogP contribution in [0.15, 0.2) is 48.5 Å². The largest absolute Gasteiger partial charge is 0.440 e. The number of nitrogens with zero attached hydrogens (tertiary/aromatic N) is 1. The van der Waals surface area contributed by atoms with Crippen LogP contribution in [0.25, 0.3) is 0 Å². The van der Waals surface area contributed by atoms with E-state index in [1.807, 2.05) is 0 Å². The minimum absolute atomic E-state index is 0.0182. The maximum absolute atomic E-state index is 14.0. The maximum atomic E-state index is 14.0.